The number of aromatic nitrogens is 1. The monoisotopic (exact) mass is 440 g/mol. The van der Waals surface area contributed by atoms with Gasteiger partial charge < -0.3 is 15.2 Å². The molecule has 130 valence electrons. The molecule has 3 rings (SSSR count). The van der Waals surface area contributed by atoms with E-state index in [2.05, 4.69) is 65.0 Å². The Kier molecular flexibility index (Phi) is 6.65. The van der Waals surface area contributed by atoms with Crippen molar-refractivity contribution < 1.29 is 4.52 Å². The van der Waals surface area contributed by atoms with Crippen molar-refractivity contribution in [3.05, 3.63) is 53.4 Å². The second kappa shape index (κ2) is 8.50. The van der Waals surface area contributed by atoms with Gasteiger partial charge in [-0.25, -0.2) is 0 Å². The number of nitrogens with zero attached hydrogens (tertiary/aromatic N) is 2. The minimum absolute atomic E-state index is 0. The number of halogens is 1. The fourth-order valence-corrected chi connectivity index (χ4v) is 2.65. The minimum atomic E-state index is 0. The predicted molar refractivity (Wildman–Crippen MR) is 107 cm³/mol. The fourth-order valence-electron chi connectivity index (χ4n) is 2.65. The van der Waals surface area contributed by atoms with Crippen molar-refractivity contribution in [3.63, 3.8) is 0 Å². The molecule has 1 heterocycles. The van der Waals surface area contributed by atoms with Gasteiger partial charge in [0, 0.05) is 25.1 Å². The van der Waals surface area contributed by atoms with Gasteiger partial charge in [0.2, 0.25) is 0 Å². The lowest BCUT2D eigenvalue weighted by Gasteiger charge is -2.10. The Morgan fingerprint density at radius 1 is 1.33 bits per heavy atom. The van der Waals surface area contributed by atoms with Gasteiger partial charge in [0.25, 0.3) is 0 Å². The van der Waals surface area contributed by atoms with Crippen LogP contribution in [0.25, 0.3) is 0 Å². The summed E-state index contributed by atoms with van der Waals surface area (Å²) in [6, 6.07) is 13.0. The number of nitrogens with one attached hydrogen (secondary N) is 2. The average molecular weight is 440 g/mol. The summed E-state index contributed by atoms with van der Waals surface area (Å²) in [7, 11) is 1.79. The van der Waals surface area contributed by atoms with Crippen LogP contribution in [0, 0.1) is 0 Å². The van der Waals surface area contributed by atoms with Crippen LogP contribution < -0.4 is 10.6 Å². The third kappa shape index (κ3) is 4.72. The van der Waals surface area contributed by atoms with Crippen LogP contribution in [0.15, 0.2) is 45.9 Å². The van der Waals surface area contributed by atoms with Gasteiger partial charge >= 0.3 is 0 Å². The first kappa shape index (κ1) is 18.8. The molecular weight excluding hydrogens is 415 g/mol. The molecule has 1 aromatic heterocycles. The van der Waals surface area contributed by atoms with E-state index in [0.717, 1.165) is 23.8 Å². The maximum absolute atomic E-state index is 5.34. The van der Waals surface area contributed by atoms with Gasteiger partial charge in [-0.3, -0.25) is 4.99 Å². The first-order chi connectivity index (χ1) is 11.2. The molecular formula is C18H25IN4O. The van der Waals surface area contributed by atoms with Crippen LogP contribution in [-0.2, 0) is 6.54 Å². The summed E-state index contributed by atoms with van der Waals surface area (Å²) in [5.41, 5.74) is 2.37. The molecule has 24 heavy (non-hydrogen) atoms. The molecule has 1 fully saturated rings. The number of benzene rings is 1. The standard InChI is InChI=1S/C18H24N4O.HI/c1-12(2)16-9-14(23-22-16)11-20-18(19-3)21-17-10-15(17)13-7-5-4-6-8-13;/h4-9,12,15,17H,10-11H2,1-3H3,(H2,19,20,21);1H. The number of hydrogen-bond acceptors (Lipinski definition) is 3. The Morgan fingerprint density at radius 2 is 2.08 bits per heavy atom. The SMILES string of the molecule is CN=C(NCc1cc(C(C)C)no1)NC1CC1c1ccccc1.I. The summed E-state index contributed by atoms with van der Waals surface area (Å²) in [5, 5.41) is 10.8. The Bertz CT molecular complexity index is 669. The highest BCUT2D eigenvalue weighted by atomic mass is 127. The van der Waals surface area contributed by atoms with E-state index in [-0.39, 0.29) is 24.0 Å². The maximum atomic E-state index is 5.34. The number of hydrogen-bond donors (Lipinski definition) is 2. The molecule has 1 aliphatic carbocycles. The first-order valence-corrected chi connectivity index (χ1v) is 8.15. The number of aliphatic imine (C=N–C) groups is 1. The molecule has 0 saturated heterocycles. The van der Waals surface area contributed by atoms with Gasteiger partial charge in [-0.1, -0.05) is 49.3 Å². The van der Waals surface area contributed by atoms with Crippen LogP contribution in [0.4, 0.5) is 0 Å². The Hall–Kier alpha value is -1.57. The summed E-state index contributed by atoms with van der Waals surface area (Å²) in [4.78, 5) is 4.29. The summed E-state index contributed by atoms with van der Waals surface area (Å²) >= 11 is 0. The average Bonchev–Trinajstić information content (AvgIpc) is 3.17. The van der Waals surface area contributed by atoms with Crippen molar-refractivity contribution in [1.82, 2.24) is 15.8 Å². The Morgan fingerprint density at radius 3 is 2.71 bits per heavy atom. The van der Waals surface area contributed by atoms with Crippen molar-refractivity contribution >= 4 is 29.9 Å². The molecule has 1 aliphatic rings. The molecule has 0 bridgehead atoms. The highest BCUT2D eigenvalue weighted by molar-refractivity contribution is 14.0. The fraction of sp³-hybridized carbons (Fsp3) is 0.444. The molecule has 1 aromatic carbocycles. The van der Waals surface area contributed by atoms with E-state index in [9.17, 15) is 0 Å². The Balaban J connectivity index is 0.00000208. The second-order valence-electron chi connectivity index (χ2n) is 6.30. The largest absolute Gasteiger partial charge is 0.359 e. The molecule has 2 N–H and O–H groups in total. The highest BCUT2D eigenvalue weighted by Gasteiger charge is 2.38. The zero-order valence-electron chi connectivity index (χ0n) is 14.3. The van der Waals surface area contributed by atoms with E-state index in [1.54, 1.807) is 7.05 Å². The molecule has 0 amide bonds. The summed E-state index contributed by atoms with van der Waals surface area (Å²) in [6.45, 7) is 4.79. The van der Waals surface area contributed by atoms with Crippen LogP contribution in [0.5, 0.6) is 0 Å². The smallest absolute Gasteiger partial charge is 0.191 e. The van der Waals surface area contributed by atoms with Crippen LogP contribution >= 0.6 is 24.0 Å². The second-order valence-corrected chi connectivity index (χ2v) is 6.30. The van der Waals surface area contributed by atoms with Crippen LogP contribution in [0.2, 0.25) is 0 Å². The van der Waals surface area contributed by atoms with Gasteiger partial charge in [-0.05, 0) is 17.9 Å². The van der Waals surface area contributed by atoms with Crippen LogP contribution in [-0.4, -0.2) is 24.2 Å². The normalized spacial score (nSPS) is 19.8. The number of rotatable bonds is 5. The topological polar surface area (TPSA) is 62.5 Å². The van der Waals surface area contributed by atoms with Crippen molar-refractivity contribution in [2.24, 2.45) is 4.99 Å². The predicted octanol–water partition coefficient (Wildman–Crippen LogP) is 3.64. The van der Waals surface area contributed by atoms with E-state index in [1.165, 1.54) is 5.56 Å². The highest BCUT2D eigenvalue weighted by Crippen LogP contribution is 2.40. The zero-order chi connectivity index (χ0) is 16.2. The summed E-state index contributed by atoms with van der Waals surface area (Å²) in [5.74, 6) is 2.58. The van der Waals surface area contributed by atoms with Gasteiger partial charge in [0.15, 0.2) is 11.7 Å². The van der Waals surface area contributed by atoms with Crippen LogP contribution in [0.3, 0.4) is 0 Å². The molecule has 6 heteroatoms. The van der Waals surface area contributed by atoms with Crippen molar-refractivity contribution in [1.29, 1.82) is 0 Å². The molecule has 1 saturated carbocycles. The molecule has 0 radical (unpaired) electrons. The quantitative estimate of drug-likeness (QED) is 0.424. The summed E-state index contributed by atoms with van der Waals surface area (Å²) < 4.78 is 5.34. The minimum Gasteiger partial charge on any atom is -0.359 e. The lowest BCUT2D eigenvalue weighted by atomic mass is 10.1. The van der Waals surface area contributed by atoms with Gasteiger partial charge in [0.05, 0.1) is 12.2 Å². The third-order valence-electron chi connectivity index (χ3n) is 4.16. The van der Waals surface area contributed by atoms with E-state index in [4.69, 9.17) is 4.52 Å². The van der Waals surface area contributed by atoms with Crippen molar-refractivity contribution in [2.75, 3.05) is 7.05 Å². The maximum Gasteiger partial charge on any atom is 0.191 e. The lowest BCUT2D eigenvalue weighted by molar-refractivity contribution is 0.372. The molecule has 2 aromatic rings. The van der Waals surface area contributed by atoms with Crippen molar-refractivity contribution in [3.8, 4) is 0 Å². The van der Waals surface area contributed by atoms with Gasteiger partial charge in [-0.2, -0.15) is 0 Å². The first-order valence-electron chi connectivity index (χ1n) is 8.15. The third-order valence-corrected chi connectivity index (χ3v) is 4.16. The molecule has 2 atom stereocenters. The van der Waals surface area contributed by atoms with E-state index in [0.29, 0.717) is 24.4 Å². The van der Waals surface area contributed by atoms with E-state index < -0.39 is 0 Å². The zero-order valence-corrected chi connectivity index (χ0v) is 16.7. The molecule has 0 spiro atoms. The van der Waals surface area contributed by atoms with E-state index in [1.807, 2.05) is 6.07 Å². The molecule has 5 nitrogen and oxygen atoms in total. The summed E-state index contributed by atoms with van der Waals surface area (Å²) in [6.07, 6.45) is 1.14. The van der Waals surface area contributed by atoms with Gasteiger partial charge in [0.1, 0.15) is 0 Å². The van der Waals surface area contributed by atoms with E-state index >= 15 is 0 Å². The van der Waals surface area contributed by atoms with Gasteiger partial charge in [-0.15, -0.1) is 24.0 Å². The molecule has 2 unspecified atom stereocenters. The van der Waals surface area contributed by atoms with Crippen LogP contribution in [0.1, 0.15) is 49.1 Å². The van der Waals surface area contributed by atoms with Crippen molar-refractivity contribution in [2.45, 2.75) is 44.7 Å². The Labute approximate surface area is 160 Å². The molecule has 0 aliphatic heterocycles. The lowest BCUT2D eigenvalue weighted by Crippen LogP contribution is -2.38. The number of guanidine groups is 1.